The minimum atomic E-state index is 0.369. The number of hydrogen-bond donors (Lipinski definition) is 1. The predicted octanol–water partition coefficient (Wildman–Crippen LogP) is 5.28. The van der Waals surface area contributed by atoms with Gasteiger partial charge in [0.1, 0.15) is 11.3 Å². The van der Waals surface area contributed by atoms with Crippen LogP contribution in [0, 0.1) is 0 Å². The predicted molar refractivity (Wildman–Crippen MR) is 110 cm³/mol. The summed E-state index contributed by atoms with van der Waals surface area (Å²) in [5.41, 5.74) is 9.80. The molecule has 0 bridgehead atoms. The zero-order valence-corrected chi connectivity index (χ0v) is 16.3. The first-order valence-corrected chi connectivity index (χ1v) is 9.33. The van der Waals surface area contributed by atoms with Crippen LogP contribution in [0.4, 0.5) is 5.69 Å². The van der Waals surface area contributed by atoms with Gasteiger partial charge in [-0.15, -0.1) is 0 Å². The minimum Gasteiger partial charge on any atom is -0.398 e. The molecule has 8 heteroatoms. The second-order valence-corrected chi connectivity index (χ2v) is 7.15. The third-order valence-corrected chi connectivity index (χ3v) is 5.25. The number of anilines is 1. The summed E-state index contributed by atoms with van der Waals surface area (Å²) in [5, 5.41) is 1.40. The Labute approximate surface area is 170 Å². The van der Waals surface area contributed by atoms with E-state index in [0.717, 1.165) is 16.6 Å². The smallest absolute Gasteiger partial charge is 0.154 e. The van der Waals surface area contributed by atoms with Crippen LogP contribution in [-0.4, -0.2) is 19.5 Å². The van der Waals surface area contributed by atoms with Crippen LogP contribution in [0.1, 0.15) is 5.56 Å². The zero-order valence-electron chi connectivity index (χ0n) is 14.0. The number of fused-ring (bicyclic) bond motifs is 1. The van der Waals surface area contributed by atoms with Gasteiger partial charge in [-0.05, 0) is 36.2 Å². The molecule has 4 aromatic rings. The van der Waals surface area contributed by atoms with Crippen LogP contribution in [0.5, 0.6) is 0 Å². The number of rotatable bonds is 4. The molecule has 0 radical (unpaired) electrons. The van der Waals surface area contributed by atoms with Crippen LogP contribution in [0.25, 0.3) is 22.4 Å². The molecule has 0 fully saturated rings. The van der Waals surface area contributed by atoms with Crippen molar-refractivity contribution < 1.29 is 0 Å². The van der Waals surface area contributed by atoms with Crippen molar-refractivity contribution in [1.82, 2.24) is 19.5 Å². The molecule has 0 aliphatic rings. The van der Waals surface area contributed by atoms with Crippen molar-refractivity contribution in [3.05, 3.63) is 69.7 Å². The summed E-state index contributed by atoms with van der Waals surface area (Å²) in [6, 6.07) is 8.95. The molecule has 5 nitrogen and oxygen atoms in total. The standard InChI is InChI=1S/C19H14Cl3N5/c20-12-2-1-3-13(21)16(12)19-26-15-5-8-25-18(22)17(15)27(19)9-6-11-10-24-7-4-14(11)23/h1-5,7-8,10H,6,9H2,(H2,23,24). The van der Waals surface area contributed by atoms with E-state index >= 15 is 0 Å². The number of nitrogens with two attached hydrogens (primary N) is 1. The minimum absolute atomic E-state index is 0.369. The van der Waals surface area contributed by atoms with E-state index in [1.807, 2.05) is 10.6 Å². The molecule has 2 N–H and O–H groups in total. The molecule has 0 saturated carbocycles. The lowest BCUT2D eigenvalue weighted by atomic mass is 10.1. The van der Waals surface area contributed by atoms with Crippen molar-refractivity contribution in [2.75, 3.05) is 5.73 Å². The monoisotopic (exact) mass is 417 g/mol. The molecule has 3 aromatic heterocycles. The Kier molecular flexibility index (Phi) is 4.91. The molecule has 0 unspecified atom stereocenters. The average Bonchev–Trinajstić information content (AvgIpc) is 3.00. The van der Waals surface area contributed by atoms with E-state index in [-0.39, 0.29) is 0 Å². The third-order valence-electron chi connectivity index (χ3n) is 4.34. The number of pyridine rings is 2. The number of benzene rings is 1. The molecule has 27 heavy (non-hydrogen) atoms. The van der Waals surface area contributed by atoms with E-state index in [2.05, 4.69) is 9.97 Å². The lowest BCUT2D eigenvalue weighted by molar-refractivity contribution is 0.722. The number of nitrogen functional groups attached to an aromatic ring is 1. The van der Waals surface area contributed by atoms with Crippen molar-refractivity contribution in [2.45, 2.75) is 13.0 Å². The molecule has 0 amide bonds. The number of halogens is 3. The average molecular weight is 419 g/mol. The molecule has 0 atom stereocenters. The first-order chi connectivity index (χ1) is 13.1. The van der Waals surface area contributed by atoms with Crippen molar-refractivity contribution in [3.63, 3.8) is 0 Å². The molecular formula is C19H14Cl3N5. The van der Waals surface area contributed by atoms with Gasteiger partial charge in [-0.1, -0.05) is 40.9 Å². The Balaban J connectivity index is 1.88. The van der Waals surface area contributed by atoms with Crippen molar-refractivity contribution >= 4 is 51.5 Å². The van der Waals surface area contributed by atoms with E-state index in [1.54, 1.807) is 42.9 Å². The van der Waals surface area contributed by atoms with Crippen LogP contribution < -0.4 is 5.73 Å². The Morgan fingerprint density at radius 2 is 1.78 bits per heavy atom. The molecule has 0 aliphatic heterocycles. The fourth-order valence-corrected chi connectivity index (χ4v) is 3.86. The Morgan fingerprint density at radius 3 is 2.52 bits per heavy atom. The number of nitrogens with zero attached hydrogens (tertiary/aromatic N) is 4. The second kappa shape index (κ2) is 7.35. The van der Waals surface area contributed by atoms with E-state index in [1.165, 1.54) is 0 Å². The fraction of sp³-hybridized carbons (Fsp3) is 0.105. The highest BCUT2D eigenvalue weighted by Gasteiger charge is 2.20. The third kappa shape index (κ3) is 3.34. The molecule has 0 aliphatic carbocycles. The van der Waals surface area contributed by atoms with Gasteiger partial charge >= 0.3 is 0 Å². The van der Waals surface area contributed by atoms with E-state index in [9.17, 15) is 0 Å². The van der Waals surface area contributed by atoms with Crippen LogP contribution in [0.15, 0.2) is 48.9 Å². The molecule has 0 saturated heterocycles. The lowest BCUT2D eigenvalue weighted by Crippen LogP contribution is -2.06. The zero-order chi connectivity index (χ0) is 19.0. The number of aryl methyl sites for hydroxylation is 2. The molecule has 0 spiro atoms. The van der Waals surface area contributed by atoms with Crippen molar-refractivity contribution in [2.24, 2.45) is 0 Å². The Bertz CT molecular complexity index is 1120. The van der Waals surface area contributed by atoms with Gasteiger partial charge in [0, 0.05) is 30.8 Å². The molecule has 136 valence electrons. The summed E-state index contributed by atoms with van der Waals surface area (Å²) in [5.74, 6) is 0.637. The fourth-order valence-electron chi connectivity index (χ4n) is 3.04. The van der Waals surface area contributed by atoms with Gasteiger partial charge < -0.3 is 10.3 Å². The Hall–Kier alpha value is -2.34. The summed E-state index contributed by atoms with van der Waals surface area (Å²) in [6.45, 7) is 0.564. The summed E-state index contributed by atoms with van der Waals surface area (Å²) >= 11 is 19.2. The normalized spacial score (nSPS) is 11.2. The van der Waals surface area contributed by atoms with Crippen LogP contribution >= 0.6 is 34.8 Å². The molecule has 1 aromatic carbocycles. The quantitative estimate of drug-likeness (QED) is 0.458. The van der Waals surface area contributed by atoms with Gasteiger partial charge in [0.25, 0.3) is 0 Å². The highest BCUT2D eigenvalue weighted by atomic mass is 35.5. The first kappa shape index (κ1) is 18.0. The van der Waals surface area contributed by atoms with Gasteiger partial charge in [0.05, 0.1) is 21.1 Å². The van der Waals surface area contributed by atoms with Crippen LogP contribution in [0.2, 0.25) is 15.2 Å². The lowest BCUT2D eigenvalue weighted by Gasteiger charge is -2.13. The largest absolute Gasteiger partial charge is 0.398 e. The van der Waals surface area contributed by atoms with Gasteiger partial charge in [-0.3, -0.25) is 4.98 Å². The molecular weight excluding hydrogens is 405 g/mol. The van der Waals surface area contributed by atoms with E-state index in [0.29, 0.717) is 45.2 Å². The number of aromatic nitrogens is 4. The van der Waals surface area contributed by atoms with Gasteiger partial charge in [0.15, 0.2) is 5.15 Å². The topological polar surface area (TPSA) is 69.6 Å². The maximum absolute atomic E-state index is 6.43. The van der Waals surface area contributed by atoms with Crippen LogP contribution in [0.3, 0.4) is 0 Å². The summed E-state index contributed by atoms with van der Waals surface area (Å²) < 4.78 is 1.98. The SMILES string of the molecule is Nc1ccncc1CCn1c(-c2c(Cl)cccc2Cl)nc2ccnc(Cl)c21. The molecule has 3 heterocycles. The van der Waals surface area contributed by atoms with Crippen LogP contribution in [-0.2, 0) is 13.0 Å². The highest BCUT2D eigenvalue weighted by molar-refractivity contribution is 6.39. The molecule has 4 rings (SSSR count). The van der Waals surface area contributed by atoms with E-state index < -0.39 is 0 Å². The highest BCUT2D eigenvalue weighted by Crippen LogP contribution is 2.37. The summed E-state index contributed by atoms with van der Waals surface area (Å²) in [4.78, 5) is 13.1. The number of hydrogen-bond acceptors (Lipinski definition) is 4. The van der Waals surface area contributed by atoms with Gasteiger partial charge in [-0.25, -0.2) is 9.97 Å². The number of imidazole rings is 1. The Morgan fingerprint density at radius 1 is 1.00 bits per heavy atom. The van der Waals surface area contributed by atoms with Gasteiger partial charge in [-0.2, -0.15) is 0 Å². The van der Waals surface area contributed by atoms with E-state index in [4.69, 9.17) is 45.5 Å². The second-order valence-electron chi connectivity index (χ2n) is 5.98. The van der Waals surface area contributed by atoms with Crippen molar-refractivity contribution in [3.8, 4) is 11.4 Å². The maximum Gasteiger partial charge on any atom is 0.154 e. The van der Waals surface area contributed by atoms with Gasteiger partial charge in [0.2, 0.25) is 0 Å². The maximum atomic E-state index is 6.43. The van der Waals surface area contributed by atoms with Crippen molar-refractivity contribution in [1.29, 1.82) is 0 Å². The summed E-state index contributed by atoms with van der Waals surface area (Å²) in [6.07, 6.45) is 5.70. The first-order valence-electron chi connectivity index (χ1n) is 8.19. The summed E-state index contributed by atoms with van der Waals surface area (Å²) in [7, 11) is 0.